The van der Waals surface area contributed by atoms with E-state index < -0.39 is 10.0 Å². The minimum atomic E-state index is -3.98. The molecule has 1 aromatic heterocycles. The molecule has 1 heterocycles. The number of nitrogens with zero attached hydrogens (tertiary/aromatic N) is 3. The number of aryl methyl sites for hydroxylation is 2. The van der Waals surface area contributed by atoms with Gasteiger partial charge in [-0.2, -0.15) is 0 Å². The number of guanidine groups is 1. The smallest absolute Gasteiger partial charge is 0.264 e. The molecule has 0 amide bonds. The summed E-state index contributed by atoms with van der Waals surface area (Å²) in [6, 6.07) is 17.8. The first kappa shape index (κ1) is 20.3. The van der Waals surface area contributed by atoms with Crippen LogP contribution in [0.3, 0.4) is 0 Å². The minimum absolute atomic E-state index is 0.109. The van der Waals surface area contributed by atoms with Gasteiger partial charge in [0.2, 0.25) is 5.95 Å². The number of sulfonamides is 1. The highest BCUT2D eigenvalue weighted by atomic mass is 32.2. The molecule has 0 saturated heterocycles. The molecular formula is C20H21N5O3S. The lowest BCUT2D eigenvalue weighted by Crippen LogP contribution is -2.37. The number of nitrogens with one attached hydrogen (secondary N) is 2. The molecule has 0 spiro atoms. The second kappa shape index (κ2) is 8.70. The Labute approximate surface area is 169 Å². The van der Waals surface area contributed by atoms with Gasteiger partial charge >= 0.3 is 0 Å². The van der Waals surface area contributed by atoms with Crippen molar-refractivity contribution >= 4 is 21.9 Å². The second-order valence-corrected chi connectivity index (χ2v) is 7.84. The molecule has 8 nitrogen and oxygen atoms in total. The van der Waals surface area contributed by atoms with Gasteiger partial charge in [-0.1, -0.05) is 48.5 Å². The van der Waals surface area contributed by atoms with Crippen molar-refractivity contribution in [3.05, 3.63) is 72.1 Å². The van der Waals surface area contributed by atoms with Crippen molar-refractivity contribution in [1.29, 1.82) is 0 Å². The minimum Gasteiger partial charge on any atom is -0.396 e. The van der Waals surface area contributed by atoms with Gasteiger partial charge in [0.25, 0.3) is 16.0 Å². The molecule has 2 N–H and O–H groups in total. The fourth-order valence-electron chi connectivity index (χ4n) is 2.79. The number of oxime groups is 1. The molecule has 150 valence electrons. The van der Waals surface area contributed by atoms with Gasteiger partial charge in [-0.3, -0.25) is 5.32 Å². The summed E-state index contributed by atoms with van der Waals surface area (Å²) in [6.07, 6.45) is 0. The molecule has 0 fully saturated rings. The van der Waals surface area contributed by atoms with Gasteiger partial charge in [-0.05, 0) is 36.7 Å². The molecule has 29 heavy (non-hydrogen) atoms. The highest BCUT2D eigenvalue weighted by molar-refractivity contribution is 7.90. The zero-order valence-corrected chi connectivity index (χ0v) is 17.1. The van der Waals surface area contributed by atoms with Crippen LogP contribution in [-0.4, -0.2) is 31.5 Å². The summed E-state index contributed by atoms with van der Waals surface area (Å²) in [5.41, 5.74) is 2.81. The Morgan fingerprint density at radius 1 is 0.966 bits per heavy atom. The molecule has 3 aromatic rings. The average molecular weight is 411 g/mol. The van der Waals surface area contributed by atoms with Crippen molar-refractivity contribution in [2.45, 2.75) is 18.7 Å². The Morgan fingerprint density at radius 3 is 2.24 bits per heavy atom. The summed E-state index contributed by atoms with van der Waals surface area (Å²) in [5, 5.41) is 6.49. The van der Waals surface area contributed by atoms with E-state index in [0.717, 1.165) is 17.0 Å². The van der Waals surface area contributed by atoms with Gasteiger partial charge in [0.15, 0.2) is 0 Å². The highest BCUT2D eigenvalue weighted by Gasteiger charge is 2.22. The summed E-state index contributed by atoms with van der Waals surface area (Å²) in [5.74, 6) is 0.0534. The van der Waals surface area contributed by atoms with Crippen LogP contribution in [0, 0.1) is 13.8 Å². The number of rotatable bonds is 5. The van der Waals surface area contributed by atoms with Crippen LogP contribution >= 0.6 is 0 Å². The summed E-state index contributed by atoms with van der Waals surface area (Å²) in [6.45, 7) is 3.63. The maximum Gasteiger partial charge on any atom is 0.264 e. The molecule has 0 aliphatic carbocycles. The van der Waals surface area contributed by atoms with E-state index in [9.17, 15) is 8.42 Å². The normalized spacial score (nSPS) is 11.8. The second-order valence-electron chi connectivity index (χ2n) is 6.19. The van der Waals surface area contributed by atoms with Gasteiger partial charge in [-0.25, -0.2) is 23.1 Å². The summed E-state index contributed by atoms with van der Waals surface area (Å²) in [7, 11) is -2.66. The standard InChI is InChI=1S/C20H21N5O3S/c1-14-13-15(2)22-19(21-14)23-20(24-28-3)25-29(26,27)18-12-8-7-11-17(18)16-9-5-4-6-10-16/h4-13H,1-3H3,(H2,21,22,23,24,25). The number of benzene rings is 2. The number of anilines is 1. The van der Waals surface area contributed by atoms with Crippen molar-refractivity contribution in [2.24, 2.45) is 5.16 Å². The number of aromatic nitrogens is 2. The SMILES string of the molecule is CON=C(Nc1nc(C)cc(C)n1)NS(=O)(=O)c1ccccc1-c1ccccc1. The quantitative estimate of drug-likeness (QED) is 0.380. The summed E-state index contributed by atoms with van der Waals surface area (Å²) in [4.78, 5) is 13.3. The van der Waals surface area contributed by atoms with Crippen LogP contribution in [0.25, 0.3) is 11.1 Å². The van der Waals surface area contributed by atoms with E-state index >= 15 is 0 Å². The predicted octanol–water partition coefficient (Wildman–Crippen LogP) is 3.07. The van der Waals surface area contributed by atoms with Crippen LogP contribution in [0.5, 0.6) is 0 Å². The van der Waals surface area contributed by atoms with E-state index in [2.05, 4.69) is 25.2 Å². The first-order chi connectivity index (χ1) is 13.9. The fourth-order valence-corrected chi connectivity index (χ4v) is 3.97. The third-order valence-electron chi connectivity index (χ3n) is 3.89. The molecule has 0 atom stereocenters. The van der Waals surface area contributed by atoms with Crippen LogP contribution in [0.15, 0.2) is 70.7 Å². The highest BCUT2D eigenvalue weighted by Crippen LogP contribution is 2.26. The third kappa shape index (κ3) is 5.08. The maximum absolute atomic E-state index is 13.1. The van der Waals surface area contributed by atoms with E-state index in [1.165, 1.54) is 13.2 Å². The topological polar surface area (TPSA) is 106 Å². The van der Waals surface area contributed by atoms with Crippen molar-refractivity contribution in [3.63, 3.8) is 0 Å². The maximum atomic E-state index is 13.1. The molecule has 9 heteroatoms. The zero-order chi connectivity index (χ0) is 20.9. The number of hydrogen-bond donors (Lipinski definition) is 2. The lowest BCUT2D eigenvalue weighted by Gasteiger charge is -2.14. The van der Waals surface area contributed by atoms with Gasteiger partial charge in [0.05, 0.1) is 4.90 Å². The molecule has 0 saturated carbocycles. The zero-order valence-electron chi connectivity index (χ0n) is 16.2. The van der Waals surface area contributed by atoms with Crippen LogP contribution in [0.4, 0.5) is 5.95 Å². The molecular weight excluding hydrogens is 390 g/mol. The molecule has 3 rings (SSSR count). The van der Waals surface area contributed by atoms with E-state index in [1.807, 2.05) is 44.2 Å². The Balaban J connectivity index is 1.94. The van der Waals surface area contributed by atoms with Gasteiger partial charge < -0.3 is 4.84 Å². The van der Waals surface area contributed by atoms with E-state index in [0.29, 0.717) is 5.56 Å². The summed E-state index contributed by atoms with van der Waals surface area (Å²) < 4.78 is 28.6. The van der Waals surface area contributed by atoms with Gasteiger partial charge in [0, 0.05) is 17.0 Å². The average Bonchev–Trinajstić information content (AvgIpc) is 2.68. The van der Waals surface area contributed by atoms with Crippen molar-refractivity contribution in [1.82, 2.24) is 14.7 Å². The first-order valence-electron chi connectivity index (χ1n) is 8.77. The van der Waals surface area contributed by atoms with Gasteiger partial charge in [0.1, 0.15) is 7.11 Å². The fraction of sp³-hybridized carbons (Fsp3) is 0.150. The van der Waals surface area contributed by atoms with Crippen LogP contribution in [0.2, 0.25) is 0 Å². The molecule has 0 unspecified atom stereocenters. The van der Waals surface area contributed by atoms with Crippen LogP contribution in [0.1, 0.15) is 11.4 Å². The van der Waals surface area contributed by atoms with Crippen molar-refractivity contribution in [2.75, 3.05) is 12.4 Å². The van der Waals surface area contributed by atoms with Crippen molar-refractivity contribution < 1.29 is 13.3 Å². The monoisotopic (exact) mass is 411 g/mol. The molecule has 2 aromatic carbocycles. The molecule has 0 aliphatic heterocycles. The van der Waals surface area contributed by atoms with Crippen molar-refractivity contribution in [3.8, 4) is 11.1 Å². The predicted molar refractivity (Wildman–Crippen MR) is 112 cm³/mol. The van der Waals surface area contributed by atoms with Gasteiger partial charge in [-0.15, -0.1) is 0 Å². The van der Waals surface area contributed by atoms with E-state index in [1.54, 1.807) is 24.3 Å². The Bertz CT molecular complexity index is 1110. The van der Waals surface area contributed by atoms with Crippen LogP contribution < -0.4 is 10.0 Å². The van der Waals surface area contributed by atoms with Crippen LogP contribution in [-0.2, 0) is 14.9 Å². The Morgan fingerprint density at radius 2 is 1.59 bits per heavy atom. The number of hydrogen-bond acceptors (Lipinski definition) is 6. The lowest BCUT2D eigenvalue weighted by atomic mass is 10.1. The summed E-state index contributed by atoms with van der Waals surface area (Å²) >= 11 is 0. The van der Waals surface area contributed by atoms with E-state index in [4.69, 9.17) is 4.84 Å². The van der Waals surface area contributed by atoms with E-state index in [-0.39, 0.29) is 16.8 Å². The Hall–Kier alpha value is -3.46. The molecule has 0 radical (unpaired) electrons. The Kier molecular flexibility index (Phi) is 6.08. The third-order valence-corrected chi connectivity index (χ3v) is 5.28. The molecule has 0 aliphatic rings. The largest absolute Gasteiger partial charge is 0.396 e. The lowest BCUT2D eigenvalue weighted by molar-refractivity contribution is 0.212. The first-order valence-corrected chi connectivity index (χ1v) is 10.2. The molecule has 0 bridgehead atoms.